The van der Waals surface area contributed by atoms with Crippen molar-refractivity contribution in [3.63, 3.8) is 0 Å². The van der Waals surface area contributed by atoms with Gasteiger partial charge in [-0.1, -0.05) is 17.7 Å². The zero-order chi connectivity index (χ0) is 10.6. The SMILES string of the molecule is CN(C)CCNc1c(N)cccc1Cl. The van der Waals surface area contributed by atoms with Gasteiger partial charge in [-0.25, -0.2) is 0 Å². The number of likely N-dealkylation sites (N-methyl/N-ethyl adjacent to an activating group) is 1. The molecular formula is C10H16ClN3. The van der Waals surface area contributed by atoms with Crippen LogP contribution in [0.5, 0.6) is 0 Å². The Hall–Kier alpha value is -0.930. The molecule has 1 rings (SSSR count). The van der Waals surface area contributed by atoms with Crippen LogP contribution in [0.15, 0.2) is 18.2 Å². The first kappa shape index (κ1) is 11.1. The molecule has 0 amide bonds. The maximum absolute atomic E-state index is 5.99. The molecule has 0 heterocycles. The molecule has 0 aliphatic heterocycles. The number of rotatable bonds is 4. The van der Waals surface area contributed by atoms with Crippen LogP contribution in [0.4, 0.5) is 11.4 Å². The van der Waals surface area contributed by atoms with Crippen LogP contribution in [-0.2, 0) is 0 Å². The molecular weight excluding hydrogens is 198 g/mol. The van der Waals surface area contributed by atoms with E-state index in [1.165, 1.54) is 0 Å². The van der Waals surface area contributed by atoms with Crippen LogP contribution in [0.3, 0.4) is 0 Å². The average Bonchev–Trinajstić information content (AvgIpc) is 2.09. The number of nitrogens with zero attached hydrogens (tertiary/aromatic N) is 1. The van der Waals surface area contributed by atoms with Gasteiger partial charge in [-0.15, -0.1) is 0 Å². The second-order valence-corrected chi connectivity index (χ2v) is 3.84. The molecule has 78 valence electrons. The van der Waals surface area contributed by atoms with Crippen LogP contribution in [0.25, 0.3) is 0 Å². The van der Waals surface area contributed by atoms with Crippen LogP contribution < -0.4 is 11.1 Å². The summed E-state index contributed by atoms with van der Waals surface area (Å²) in [5, 5.41) is 3.88. The number of halogens is 1. The quantitative estimate of drug-likeness (QED) is 0.751. The summed E-state index contributed by atoms with van der Waals surface area (Å²) in [4.78, 5) is 2.10. The molecule has 0 aliphatic rings. The van der Waals surface area contributed by atoms with Gasteiger partial charge in [-0.05, 0) is 26.2 Å². The van der Waals surface area contributed by atoms with Gasteiger partial charge in [-0.3, -0.25) is 0 Å². The summed E-state index contributed by atoms with van der Waals surface area (Å²) in [6.45, 7) is 1.78. The van der Waals surface area contributed by atoms with Crippen LogP contribution in [0.2, 0.25) is 5.02 Å². The molecule has 0 unspecified atom stereocenters. The summed E-state index contributed by atoms with van der Waals surface area (Å²) in [5.41, 5.74) is 7.30. The Morgan fingerprint density at radius 2 is 2.14 bits per heavy atom. The highest BCUT2D eigenvalue weighted by Gasteiger charge is 2.02. The van der Waals surface area contributed by atoms with Crippen LogP contribution in [0, 0.1) is 0 Å². The number of nitrogens with two attached hydrogens (primary N) is 1. The van der Waals surface area contributed by atoms with Gasteiger partial charge >= 0.3 is 0 Å². The molecule has 0 saturated carbocycles. The lowest BCUT2D eigenvalue weighted by Gasteiger charge is -2.13. The normalized spacial score (nSPS) is 10.6. The Kier molecular flexibility index (Phi) is 4.04. The van der Waals surface area contributed by atoms with Gasteiger partial charge in [0.05, 0.1) is 16.4 Å². The third-order valence-corrected chi connectivity index (χ3v) is 2.22. The van der Waals surface area contributed by atoms with Gasteiger partial charge in [0, 0.05) is 13.1 Å². The second kappa shape index (κ2) is 5.08. The molecule has 0 aromatic heterocycles. The van der Waals surface area contributed by atoms with E-state index in [2.05, 4.69) is 10.2 Å². The van der Waals surface area contributed by atoms with E-state index in [0.29, 0.717) is 10.7 Å². The summed E-state index contributed by atoms with van der Waals surface area (Å²) in [7, 11) is 4.05. The van der Waals surface area contributed by atoms with Crippen LogP contribution in [-0.4, -0.2) is 32.1 Å². The fourth-order valence-corrected chi connectivity index (χ4v) is 1.38. The molecule has 0 atom stereocenters. The zero-order valence-electron chi connectivity index (χ0n) is 8.55. The molecule has 1 aromatic rings. The summed E-state index contributed by atoms with van der Waals surface area (Å²) in [5.74, 6) is 0. The molecule has 3 nitrogen and oxygen atoms in total. The van der Waals surface area contributed by atoms with Gasteiger partial charge in [0.25, 0.3) is 0 Å². The van der Waals surface area contributed by atoms with Crippen LogP contribution >= 0.6 is 11.6 Å². The molecule has 0 saturated heterocycles. The molecule has 0 radical (unpaired) electrons. The number of para-hydroxylation sites is 1. The van der Waals surface area contributed by atoms with E-state index in [9.17, 15) is 0 Å². The third kappa shape index (κ3) is 3.09. The van der Waals surface area contributed by atoms with Crippen molar-refractivity contribution in [1.82, 2.24) is 4.90 Å². The number of nitrogen functional groups attached to an aromatic ring is 1. The van der Waals surface area contributed by atoms with E-state index in [0.717, 1.165) is 18.8 Å². The van der Waals surface area contributed by atoms with Crippen molar-refractivity contribution in [2.45, 2.75) is 0 Å². The first-order valence-electron chi connectivity index (χ1n) is 4.54. The van der Waals surface area contributed by atoms with E-state index in [1.807, 2.05) is 32.3 Å². The Bertz CT molecular complexity index is 279. The molecule has 3 N–H and O–H groups in total. The first-order chi connectivity index (χ1) is 6.61. The van der Waals surface area contributed by atoms with E-state index in [1.54, 1.807) is 0 Å². The summed E-state index contributed by atoms with van der Waals surface area (Å²) in [6.07, 6.45) is 0. The molecule has 4 heteroatoms. The van der Waals surface area contributed by atoms with E-state index in [-0.39, 0.29) is 0 Å². The highest BCUT2D eigenvalue weighted by atomic mass is 35.5. The molecule has 14 heavy (non-hydrogen) atoms. The topological polar surface area (TPSA) is 41.3 Å². The van der Waals surface area contributed by atoms with Gasteiger partial charge in [0.1, 0.15) is 0 Å². The van der Waals surface area contributed by atoms with E-state index < -0.39 is 0 Å². The lowest BCUT2D eigenvalue weighted by atomic mass is 10.2. The molecule has 0 aliphatic carbocycles. The van der Waals surface area contributed by atoms with Gasteiger partial charge < -0.3 is 16.0 Å². The Morgan fingerprint density at radius 1 is 1.43 bits per heavy atom. The van der Waals surface area contributed by atoms with Crippen molar-refractivity contribution in [1.29, 1.82) is 0 Å². The Balaban J connectivity index is 2.58. The molecule has 0 fully saturated rings. The largest absolute Gasteiger partial charge is 0.397 e. The molecule has 0 spiro atoms. The minimum Gasteiger partial charge on any atom is -0.397 e. The first-order valence-corrected chi connectivity index (χ1v) is 4.91. The highest BCUT2D eigenvalue weighted by molar-refractivity contribution is 6.33. The summed E-state index contributed by atoms with van der Waals surface area (Å²) in [6, 6.07) is 5.51. The van der Waals surface area contributed by atoms with Crippen LogP contribution in [0.1, 0.15) is 0 Å². The van der Waals surface area contributed by atoms with E-state index >= 15 is 0 Å². The number of nitrogens with one attached hydrogen (secondary N) is 1. The zero-order valence-corrected chi connectivity index (χ0v) is 9.30. The van der Waals surface area contributed by atoms with Crippen molar-refractivity contribution < 1.29 is 0 Å². The molecule has 0 bridgehead atoms. The smallest absolute Gasteiger partial charge is 0.0763 e. The number of hydrogen-bond acceptors (Lipinski definition) is 3. The van der Waals surface area contributed by atoms with Crippen molar-refractivity contribution >= 4 is 23.0 Å². The number of anilines is 2. The molecule has 1 aromatic carbocycles. The number of benzene rings is 1. The fraction of sp³-hybridized carbons (Fsp3) is 0.400. The van der Waals surface area contributed by atoms with Crippen molar-refractivity contribution in [2.75, 3.05) is 38.2 Å². The predicted molar refractivity (Wildman–Crippen MR) is 62.9 cm³/mol. The maximum Gasteiger partial charge on any atom is 0.0763 e. The maximum atomic E-state index is 5.99. The third-order valence-electron chi connectivity index (χ3n) is 1.91. The lowest BCUT2D eigenvalue weighted by Crippen LogP contribution is -2.21. The van der Waals surface area contributed by atoms with Crippen molar-refractivity contribution in [2.24, 2.45) is 0 Å². The van der Waals surface area contributed by atoms with Crippen molar-refractivity contribution in [3.8, 4) is 0 Å². The van der Waals surface area contributed by atoms with Gasteiger partial charge in [0.2, 0.25) is 0 Å². The summed E-state index contributed by atoms with van der Waals surface area (Å²) < 4.78 is 0. The standard InChI is InChI=1S/C10H16ClN3/c1-14(2)7-6-13-10-8(11)4-3-5-9(10)12/h3-5,13H,6-7,12H2,1-2H3. The van der Waals surface area contributed by atoms with Crippen molar-refractivity contribution in [3.05, 3.63) is 23.2 Å². The number of hydrogen-bond donors (Lipinski definition) is 2. The summed E-state index contributed by atoms with van der Waals surface area (Å²) >= 11 is 5.99. The average molecular weight is 214 g/mol. The highest BCUT2D eigenvalue weighted by Crippen LogP contribution is 2.27. The minimum absolute atomic E-state index is 0.670. The lowest BCUT2D eigenvalue weighted by molar-refractivity contribution is 0.425. The monoisotopic (exact) mass is 213 g/mol. The second-order valence-electron chi connectivity index (χ2n) is 3.43. The fourth-order valence-electron chi connectivity index (χ4n) is 1.13. The van der Waals surface area contributed by atoms with Gasteiger partial charge in [-0.2, -0.15) is 0 Å². The minimum atomic E-state index is 0.670. The van der Waals surface area contributed by atoms with E-state index in [4.69, 9.17) is 17.3 Å². The predicted octanol–water partition coefficient (Wildman–Crippen LogP) is 1.90. The van der Waals surface area contributed by atoms with Gasteiger partial charge in [0.15, 0.2) is 0 Å². The Morgan fingerprint density at radius 3 is 2.71 bits per heavy atom. The Labute approximate surface area is 89.8 Å².